The van der Waals surface area contributed by atoms with Crippen LogP contribution in [0.2, 0.25) is 0 Å². The first-order valence-electron chi connectivity index (χ1n) is 7.29. The first-order valence-corrected chi connectivity index (χ1v) is 7.29. The highest BCUT2D eigenvalue weighted by Gasteiger charge is 2.24. The summed E-state index contributed by atoms with van der Waals surface area (Å²) in [6.45, 7) is 3.52. The van der Waals surface area contributed by atoms with E-state index in [0.717, 1.165) is 24.1 Å². The Morgan fingerprint density at radius 2 is 2.17 bits per heavy atom. The smallest absolute Gasteiger partial charge is 0.123 e. The molecule has 0 bridgehead atoms. The Morgan fingerprint density at radius 3 is 2.94 bits per heavy atom. The van der Waals surface area contributed by atoms with Crippen molar-refractivity contribution < 1.29 is 4.74 Å². The fraction of sp³-hybridized carbons (Fsp3) is 0.625. The van der Waals surface area contributed by atoms with Gasteiger partial charge in [0.2, 0.25) is 0 Å². The Balaban J connectivity index is 1.39. The largest absolute Gasteiger partial charge is 0.490 e. The van der Waals surface area contributed by atoms with Gasteiger partial charge in [0, 0.05) is 12.5 Å². The number of para-hydroxylation sites is 1. The maximum atomic E-state index is 5.97. The minimum atomic E-state index is 0.408. The van der Waals surface area contributed by atoms with Crippen molar-refractivity contribution in [3.63, 3.8) is 0 Å². The van der Waals surface area contributed by atoms with E-state index < -0.39 is 0 Å². The second-order valence-electron chi connectivity index (χ2n) is 5.92. The lowest BCUT2D eigenvalue weighted by molar-refractivity contribution is 0.209. The third-order valence-electron chi connectivity index (χ3n) is 4.03. The predicted octanol–water partition coefficient (Wildman–Crippen LogP) is 3.16. The molecule has 2 nitrogen and oxygen atoms in total. The second kappa shape index (κ2) is 5.31. The van der Waals surface area contributed by atoms with Crippen molar-refractivity contribution in [3.8, 4) is 5.75 Å². The molecule has 1 heterocycles. The number of nitrogens with one attached hydrogen (secondary N) is 1. The van der Waals surface area contributed by atoms with E-state index in [4.69, 9.17) is 4.74 Å². The maximum Gasteiger partial charge on any atom is 0.123 e. The van der Waals surface area contributed by atoms with Crippen molar-refractivity contribution in [2.45, 2.75) is 51.2 Å². The Bertz CT molecular complexity index is 375. The summed E-state index contributed by atoms with van der Waals surface area (Å²) in [5, 5.41) is 3.61. The molecule has 2 atom stereocenters. The van der Waals surface area contributed by atoms with E-state index >= 15 is 0 Å². The van der Waals surface area contributed by atoms with Gasteiger partial charge < -0.3 is 10.1 Å². The van der Waals surface area contributed by atoms with E-state index in [1.807, 2.05) is 0 Å². The van der Waals surface area contributed by atoms with Crippen LogP contribution >= 0.6 is 0 Å². The maximum absolute atomic E-state index is 5.97. The van der Waals surface area contributed by atoms with Gasteiger partial charge >= 0.3 is 0 Å². The summed E-state index contributed by atoms with van der Waals surface area (Å²) >= 11 is 0. The molecule has 0 radical (unpaired) electrons. The molecule has 18 heavy (non-hydrogen) atoms. The van der Waals surface area contributed by atoms with Crippen molar-refractivity contribution in [1.29, 1.82) is 0 Å². The third kappa shape index (κ3) is 3.05. The Hall–Kier alpha value is -1.02. The zero-order valence-electron chi connectivity index (χ0n) is 11.2. The van der Waals surface area contributed by atoms with Crippen LogP contribution in [0.4, 0.5) is 0 Å². The van der Waals surface area contributed by atoms with Crippen LogP contribution in [-0.2, 0) is 6.42 Å². The van der Waals surface area contributed by atoms with E-state index in [-0.39, 0.29) is 0 Å². The Morgan fingerprint density at radius 1 is 1.33 bits per heavy atom. The number of hydrogen-bond donors (Lipinski definition) is 1. The van der Waals surface area contributed by atoms with Gasteiger partial charge in [-0.05, 0) is 49.8 Å². The molecule has 0 aromatic heterocycles. The summed E-state index contributed by atoms with van der Waals surface area (Å²) in [5.41, 5.74) is 1.38. The molecule has 1 fully saturated rings. The van der Waals surface area contributed by atoms with Gasteiger partial charge in [-0.1, -0.05) is 25.1 Å². The lowest BCUT2D eigenvalue weighted by Crippen LogP contribution is -2.24. The molecule has 2 heteroatoms. The first kappa shape index (κ1) is 12.0. The fourth-order valence-corrected chi connectivity index (χ4v) is 2.64. The van der Waals surface area contributed by atoms with Gasteiger partial charge in [0.25, 0.3) is 0 Å². The van der Waals surface area contributed by atoms with Crippen LogP contribution in [0.25, 0.3) is 0 Å². The van der Waals surface area contributed by atoms with Crippen LogP contribution < -0.4 is 10.1 Å². The summed E-state index contributed by atoms with van der Waals surface area (Å²) in [6.07, 6.45) is 6.71. The molecular weight excluding hydrogens is 222 g/mol. The second-order valence-corrected chi connectivity index (χ2v) is 5.92. The summed E-state index contributed by atoms with van der Waals surface area (Å²) < 4.78 is 5.97. The van der Waals surface area contributed by atoms with E-state index in [1.54, 1.807) is 0 Å². The highest BCUT2D eigenvalue weighted by Crippen LogP contribution is 2.30. The van der Waals surface area contributed by atoms with Crippen molar-refractivity contribution in [1.82, 2.24) is 5.32 Å². The lowest BCUT2D eigenvalue weighted by atomic mass is 10.00. The molecule has 0 spiro atoms. The van der Waals surface area contributed by atoms with E-state index in [0.29, 0.717) is 6.10 Å². The van der Waals surface area contributed by atoms with Gasteiger partial charge in [0.15, 0.2) is 0 Å². The topological polar surface area (TPSA) is 21.3 Å². The molecular formula is C16H23NO. The van der Waals surface area contributed by atoms with Crippen molar-refractivity contribution >= 4 is 0 Å². The summed E-state index contributed by atoms with van der Waals surface area (Å²) in [5.74, 6) is 1.86. The molecule has 1 aromatic rings. The average Bonchev–Trinajstić information content (AvgIpc) is 3.11. The highest BCUT2D eigenvalue weighted by atomic mass is 16.5. The van der Waals surface area contributed by atoms with Crippen LogP contribution in [-0.4, -0.2) is 18.7 Å². The minimum absolute atomic E-state index is 0.408. The van der Waals surface area contributed by atoms with Crippen LogP contribution in [0.3, 0.4) is 0 Å². The SMILES string of the molecule is CC(CCC1Cc2ccccc2O1)CNC1CC1. The molecule has 1 N–H and O–H groups in total. The monoisotopic (exact) mass is 245 g/mol. The summed E-state index contributed by atoms with van der Waals surface area (Å²) in [4.78, 5) is 0. The highest BCUT2D eigenvalue weighted by molar-refractivity contribution is 5.37. The number of hydrogen-bond acceptors (Lipinski definition) is 2. The molecule has 1 aliphatic heterocycles. The van der Waals surface area contributed by atoms with Gasteiger partial charge in [0.1, 0.15) is 11.9 Å². The van der Waals surface area contributed by atoms with E-state index in [1.165, 1.54) is 37.8 Å². The molecule has 2 aliphatic rings. The number of rotatable bonds is 6. The predicted molar refractivity (Wildman–Crippen MR) is 74.0 cm³/mol. The zero-order chi connectivity index (χ0) is 12.4. The summed E-state index contributed by atoms with van der Waals surface area (Å²) in [7, 11) is 0. The summed E-state index contributed by atoms with van der Waals surface area (Å²) in [6, 6.07) is 9.27. The van der Waals surface area contributed by atoms with Gasteiger partial charge in [-0.15, -0.1) is 0 Å². The standard InChI is InChI=1S/C16H23NO/c1-12(11-17-14-7-8-14)6-9-15-10-13-4-2-3-5-16(13)18-15/h2-5,12,14-15,17H,6-11H2,1H3. The van der Waals surface area contributed by atoms with Crippen molar-refractivity contribution in [2.75, 3.05) is 6.54 Å². The van der Waals surface area contributed by atoms with Crippen LogP contribution in [0.5, 0.6) is 5.75 Å². The van der Waals surface area contributed by atoms with E-state index in [2.05, 4.69) is 36.5 Å². The van der Waals surface area contributed by atoms with Gasteiger partial charge in [-0.3, -0.25) is 0 Å². The molecule has 2 unspecified atom stereocenters. The Kier molecular flexibility index (Phi) is 3.55. The first-order chi connectivity index (χ1) is 8.81. The van der Waals surface area contributed by atoms with Crippen LogP contribution in [0.15, 0.2) is 24.3 Å². The van der Waals surface area contributed by atoms with Gasteiger partial charge in [-0.2, -0.15) is 0 Å². The molecule has 3 rings (SSSR count). The number of fused-ring (bicyclic) bond motifs is 1. The average molecular weight is 245 g/mol. The quantitative estimate of drug-likeness (QED) is 0.831. The molecule has 98 valence electrons. The molecule has 0 saturated heterocycles. The molecule has 1 saturated carbocycles. The van der Waals surface area contributed by atoms with Crippen LogP contribution in [0, 0.1) is 5.92 Å². The van der Waals surface area contributed by atoms with E-state index in [9.17, 15) is 0 Å². The minimum Gasteiger partial charge on any atom is -0.490 e. The fourth-order valence-electron chi connectivity index (χ4n) is 2.64. The molecule has 1 aromatic carbocycles. The number of benzene rings is 1. The Labute approximate surface area is 110 Å². The zero-order valence-corrected chi connectivity index (χ0v) is 11.2. The molecule has 1 aliphatic carbocycles. The molecule has 0 amide bonds. The number of ether oxygens (including phenoxy) is 1. The van der Waals surface area contributed by atoms with Crippen molar-refractivity contribution in [3.05, 3.63) is 29.8 Å². The van der Waals surface area contributed by atoms with Crippen molar-refractivity contribution in [2.24, 2.45) is 5.92 Å². The van der Waals surface area contributed by atoms with Gasteiger partial charge in [0.05, 0.1) is 0 Å². The lowest BCUT2D eigenvalue weighted by Gasteiger charge is -2.15. The normalized spacial score (nSPS) is 23.5. The van der Waals surface area contributed by atoms with Crippen LogP contribution in [0.1, 0.15) is 38.2 Å². The third-order valence-corrected chi connectivity index (χ3v) is 4.03. The van der Waals surface area contributed by atoms with Gasteiger partial charge in [-0.25, -0.2) is 0 Å².